The SMILES string of the molecule is CC(NC(=O)OCC(Cl)(Cl)Cl)c1ccc(Br)cc1. The van der Waals surface area contributed by atoms with Crippen LogP contribution in [0.1, 0.15) is 18.5 Å². The average Bonchev–Trinajstić information content (AvgIpc) is 2.26. The van der Waals surface area contributed by atoms with Crippen molar-refractivity contribution >= 4 is 56.8 Å². The molecule has 0 heterocycles. The normalized spacial score (nSPS) is 12.9. The van der Waals surface area contributed by atoms with Gasteiger partial charge in [0.1, 0.15) is 6.61 Å². The third-order valence-corrected chi connectivity index (χ3v) is 2.93. The standard InChI is InChI=1S/C11H11BrCl3NO2/c1-7(8-2-4-9(12)5-3-8)16-10(17)18-6-11(13,14)15/h2-5,7H,6H2,1H3,(H,16,17). The van der Waals surface area contributed by atoms with Crippen LogP contribution >= 0.6 is 50.7 Å². The highest BCUT2D eigenvalue weighted by atomic mass is 79.9. The van der Waals surface area contributed by atoms with E-state index in [4.69, 9.17) is 39.5 Å². The van der Waals surface area contributed by atoms with Crippen LogP contribution < -0.4 is 5.32 Å². The summed E-state index contributed by atoms with van der Waals surface area (Å²) in [5.41, 5.74) is 0.948. The van der Waals surface area contributed by atoms with Gasteiger partial charge in [0.05, 0.1) is 6.04 Å². The molecule has 1 aromatic carbocycles. The number of nitrogens with one attached hydrogen (secondary N) is 1. The van der Waals surface area contributed by atoms with E-state index in [9.17, 15) is 4.79 Å². The van der Waals surface area contributed by atoms with E-state index in [0.29, 0.717) is 0 Å². The lowest BCUT2D eigenvalue weighted by atomic mass is 10.1. The van der Waals surface area contributed by atoms with Crippen LogP contribution in [0.4, 0.5) is 4.79 Å². The number of hydrogen-bond acceptors (Lipinski definition) is 2. The first kappa shape index (κ1) is 15.9. The van der Waals surface area contributed by atoms with Gasteiger partial charge in [-0.1, -0.05) is 62.9 Å². The van der Waals surface area contributed by atoms with E-state index in [1.54, 1.807) is 0 Å². The van der Waals surface area contributed by atoms with E-state index in [1.165, 1.54) is 0 Å². The molecular weight excluding hydrogens is 364 g/mol. The first-order valence-electron chi connectivity index (χ1n) is 5.03. The molecule has 1 unspecified atom stereocenters. The summed E-state index contributed by atoms with van der Waals surface area (Å²) < 4.78 is 4.14. The highest BCUT2D eigenvalue weighted by Gasteiger charge is 2.22. The smallest absolute Gasteiger partial charge is 0.407 e. The fourth-order valence-corrected chi connectivity index (χ4v) is 1.63. The minimum atomic E-state index is -1.60. The van der Waals surface area contributed by atoms with Crippen LogP contribution in [0.15, 0.2) is 28.7 Å². The van der Waals surface area contributed by atoms with Crippen molar-refractivity contribution < 1.29 is 9.53 Å². The number of alkyl carbamates (subject to hydrolysis) is 1. The van der Waals surface area contributed by atoms with Gasteiger partial charge in [-0.3, -0.25) is 0 Å². The molecule has 0 bridgehead atoms. The maximum absolute atomic E-state index is 11.4. The second kappa shape index (κ2) is 6.85. The van der Waals surface area contributed by atoms with Gasteiger partial charge in [-0.05, 0) is 24.6 Å². The van der Waals surface area contributed by atoms with E-state index < -0.39 is 9.89 Å². The van der Waals surface area contributed by atoms with Gasteiger partial charge in [-0.15, -0.1) is 0 Å². The summed E-state index contributed by atoms with van der Waals surface area (Å²) in [5.74, 6) is 0. The monoisotopic (exact) mass is 373 g/mol. The Morgan fingerprint density at radius 3 is 2.44 bits per heavy atom. The second-order valence-electron chi connectivity index (χ2n) is 3.61. The van der Waals surface area contributed by atoms with Crippen molar-refractivity contribution in [2.24, 2.45) is 0 Å². The molecule has 0 aliphatic rings. The molecular formula is C11H11BrCl3NO2. The molecule has 0 fully saturated rings. The van der Waals surface area contributed by atoms with Crippen molar-refractivity contribution in [3.8, 4) is 0 Å². The first-order chi connectivity index (χ1) is 8.28. The lowest BCUT2D eigenvalue weighted by Gasteiger charge is -2.16. The number of halogens is 4. The number of ether oxygens (including phenoxy) is 1. The van der Waals surface area contributed by atoms with Crippen molar-refractivity contribution in [3.05, 3.63) is 34.3 Å². The molecule has 1 rings (SSSR count). The van der Waals surface area contributed by atoms with Crippen molar-refractivity contribution in [1.29, 1.82) is 0 Å². The molecule has 0 saturated carbocycles. The quantitative estimate of drug-likeness (QED) is 0.784. The van der Waals surface area contributed by atoms with Gasteiger partial charge in [-0.25, -0.2) is 4.79 Å². The Morgan fingerprint density at radius 1 is 1.39 bits per heavy atom. The van der Waals surface area contributed by atoms with Gasteiger partial charge in [0.2, 0.25) is 3.79 Å². The Labute approximate surface area is 129 Å². The molecule has 0 aromatic heterocycles. The molecule has 0 aliphatic heterocycles. The van der Waals surface area contributed by atoms with Gasteiger partial charge in [0, 0.05) is 4.47 Å². The van der Waals surface area contributed by atoms with Crippen molar-refractivity contribution in [2.45, 2.75) is 16.8 Å². The van der Waals surface area contributed by atoms with Crippen molar-refractivity contribution in [3.63, 3.8) is 0 Å². The Bertz CT molecular complexity index is 406. The van der Waals surface area contributed by atoms with Crippen LogP contribution in [0.25, 0.3) is 0 Å². The zero-order valence-corrected chi connectivity index (χ0v) is 13.3. The van der Waals surface area contributed by atoms with E-state index >= 15 is 0 Å². The van der Waals surface area contributed by atoms with E-state index in [-0.39, 0.29) is 12.6 Å². The number of rotatable bonds is 3. The molecule has 18 heavy (non-hydrogen) atoms. The highest BCUT2D eigenvalue weighted by molar-refractivity contribution is 9.10. The van der Waals surface area contributed by atoms with Crippen LogP contribution in [0, 0.1) is 0 Å². The van der Waals surface area contributed by atoms with Crippen molar-refractivity contribution in [1.82, 2.24) is 5.32 Å². The summed E-state index contributed by atoms with van der Waals surface area (Å²) in [5, 5.41) is 2.64. The third kappa shape index (κ3) is 6.14. The average molecular weight is 375 g/mol. The fraction of sp³-hybridized carbons (Fsp3) is 0.364. The molecule has 0 aliphatic carbocycles. The van der Waals surface area contributed by atoms with E-state index in [0.717, 1.165) is 10.0 Å². The first-order valence-corrected chi connectivity index (χ1v) is 6.96. The lowest BCUT2D eigenvalue weighted by Crippen LogP contribution is -2.30. The molecule has 0 radical (unpaired) electrons. The van der Waals surface area contributed by atoms with Crippen molar-refractivity contribution in [2.75, 3.05) is 6.61 Å². The summed E-state index contributed by atoms with van der Waals surface area (Å²) in [7, 11) is 0. The number of benzene rings is 1. The molecule has 1 amide bonds. The molecule has 3 nitrogen and oxygen atoms in total. The summed E-state index contributed by atoms with van der Waals surface area (Å²) >= 11 is 19.7. The molecule has 7 heteroatoms. The molecule has 0 saturated heterocycles. The zero-order valence-electron chi connectivity index (χ0n) is 9.42. The molecule has 1 N–H and O–H groups in total. The zero-order chi connectivity index (χ0) is 13.8. The Kier molecular flexibility index (Phi) is 6.05. The van der Waals surface area contributed by atoms with Gasteiger partial charge in [0.15, 0.2) is 0 Å². The maximum Gasteiger partial charge on any atom is 0.407 e. The largest absolute Gasteiger partial charge is 0.445 e. The minimum Gasteiger partial charge on any atom is -0.445 e. The fourth-order valence-electron chi connectivity index (χ4n) is 1.20. The van der Waals surface area contributed by atoms with E-state index in [1.807, 2.05) is 31.2 Å². The molecule has 100 valence electrons. The molecule has 1 aromatic rings. The summed E-state index contributed by atoms with van der Waals surface area (Å²) in [4.78, 5) is 11.4. The van der Waals surface area contributed by atoms with Gasteiger partial charge in [0.25, 0.3) is 0 Å². The Hall–Kier alpha value is -0.160. The highest BCUT2D eigenvalue weighted by Crippen LogP contribution is 2.26. The van der Waals surface area contributed by atoms with Crippen LogP contribution in [-0.2, 0) is 4.74 Å². The number of amides is 1. The third-order valence-electron chi connectivity index (χ3n) is 2.07. The number of carbonyl (C=O) groups excluding carboxylic acids is 1. The summed E-state index contributed by atoms with van der Waals surface area (Å²) in [6.07, 6.45) is -0.628. The predicted molar refractivity (Wildman–Crippen MR) is 77.3 cm³/mol. The topological polar surface area (TPSA) is 38.3 Å². The summed E-state index contributed by atoms with van der Waals surface area (Å²) in [6.45, 7) is 1.54. The van der Waals surface area contributed by atoms with Gasteiger partial charge in [-0.2, -0.15) is 0 Å². The number of carbonyl (C=O) groups is 1. The maximum atomic E-state index is 11.4. The van der Waals surface area contributed by atoms with Crippen LogP contribution in [0.5, 0.6) is 0 Å². The summed E-state index contributed by atoms with van der Waals surface area (Å²) in [6, 6.07) is 7.37. The van der Waals surface area contributed by atoms with Crippen LogP contribution in [0.3, 0.4) is 0 Å². The Morgan fingerprint density at radius 2 is 1.94 bits per heavy atom. The molecule has 1 atom stereocenters. The molecule has 0 spiro atoms. The predicted octanol–water partition coefficient (Wildman–Crippen LogP) is 4.61. The van der Waals surface area contributed by atoms with E-state index in [2.05, 4.69) is 21.2 Å². The van der Waals surface area contributed by atoms with Gasteiger partial charge < -0.3 is 10.1 Å². The number of alkyl halides is 3. The van der Waals surface area contributed by atoms with Gasteiger partial charge >= 0.3 is 6.09 Å². The number of hydrogen-bond donors (Lipinski definition) is 1. The lowest BCUT2D eigenvalue weighted by molar-refractivity contribution is 0.145. The van der Waals surface area contributed by atoms with Crippen LogP contribution in [0.2, 0.25) is 0 Å². The minimum absolute atomic E-state index is 0.194. The Balaban J connectivity index is 2.47. The van der Waals surface area contributed by atoms with Crippen LogP contribution in [-0.4, -0.2) is 16.5 Å². The second-order valence-corrected chi connectivity index (χ2v) is 7.04.